The zero-order valence-electron chi connectivity index (χ0n) is 13.8. The molecule has 3 atom stereocenters. The second-order valence-electron chi connectivity index (χ2n) is 6.63. The molecule has 21 heavy (non-hydrogen) atoms. The van der Waals surface area contributed by atoms with Gasteiger partial charge in [0.1, 0.15) is 0 Å². The minimum absolute atomic E-state index is 0.441. The molecule has 2 nitrogen and oxygen atoms in total. The summed E-state index contributed by atoms with van der Waals surface area (Å²) in [6.45, 7) is 11.5. The predicted octanol–water partition coefficient (Wildman–Crippen LogP) is 4.50. The van der Waals surface area contributed by atoms with Gasteiger partial charge >= 0.3 is 0 Å². The minimum Gasteiger partial charge on any atom is -0.311 e. The van der Waals surface area contributed by atoms with E-state index in [1.807, 2.05) is 12.1 Å². The van der Waals surface area contributed by atoms with Crippen LogP contribution in [0.15, 0.2) is 24.3 Å². The molecule has 0 spiro atoms. The Kier molecular flexibility index (Phi) is 6.09. The zero-order valence-corrected chi connectivity index (χ0v) is 14.5. The fraction of sp³-hybridized carbons (Fsp3) is 0.667. The van der Waals surface area contributed by atoms with Crippen molar-refractivity contribution < 1.29 is 0 Å². The number of hydrogen-bond donors (Lipinski definition) is 1. The molecule has 1 N–H and O–H groups in total. The van der Waals surface area contributed by atoms with Gasteiger partial charge in [-0.15, -0.1) is 0 Å². The molecule has 118 valence electrons. The number of hydrogen-bond acceptors (Lipinski definition) is 2. The number of benzene rings is 1. The largest absolute Gasteiger partial charge is 0.311 e. The molecule has 2 rings (SSSR count). The summed E-state index contributed by atoms with van der Waals surface area (Å²) in [4.78, 5) is 2.69. The van der Waals surface area contributed by atoms with Crippen LogP contribution >= 0.6 is 11.6 Å². The van der Waals surface area contributed by atoms with Crippen molar-refractivity contribution >= 4 is 11.6 Å². The number of nitrogens with zero attached hydrogens (tertiary/aromatic N) is 1. The molecular formula is C18H29ClN2. The van der Waals surface area contributed by atoms with Gasteiger partial charge in [0.2, 0.25) is 0 Å². The van der Waals surface area contributed by atoms with Crippen LogP contribution in [0.3, 0.4) is 0 Å². The van der Waals surface area contributed by atoms with Crippen LogP contribution in [0.1, 0.15) is 52.1 Å². The zero-order chi connectivity index (χ0) is 15.4. The number of nitrogens with one attached hydrogen (secondary N) is 1. The average Bonchev–Trinajstić information content (AvgIpc) is 2.47. The van der Waals surface area contributed by atoms with E-state index in [0.29, 0.717) is 24.0 Å². The Balaban J connectivity index is 2.16. The second kappa shape index (κ2) is 7.62. The summed E-state index contributed by atoms with van der Waals surface area (Å²) in [5, 5.41) is 4.55. The van der Waals surface area contributed by atoms with E-state index >= 15 is 0 Å². The number of halogens is 1. The monoisotopic (exact) mass is 308 g/mol. The highest BCUT2D eigenvalue weighted by atomic mass is 35.5. The lowest BCUT2D eigenvalue weighted by atomic mass is 9.93. The van der Waals surface area contributed by atoms with E-state index < -0.39 is 0 Å². The van der Waals surface area contributed by atoms with Crippen LogP contribution in [0.4, 0.5) is 0 Å². The van der Waals surface area contributed by atoms with E-state index in [9.17, 15) is 0 Å². The van der Waals surface area contributed by atoms with Gasteiger partial charge in [-0.05, 0) is 37.0 Å². The molecule has 0 aromatic heterocycles. The summed E-state index contributed by atoms with van der Waals surface area (Å²) in [5.41, 5.74) is 1.36. The third kappa shape index (κ3) is 4.21. The molecule has 1 aliphatic heterocycles. The van der Waals surface area contributed by atoms with Crippen molar-refractivity contribution in [2.45, 2.75) is 58.7 Å². The van der Waals surface area contributed by atoms with Crippen LogP contribution in [0.5, 0.6) is 0 Å². The van der Waals surface area contributed by atoms with Gasteiger partial charge in [0.05, 0.1) is 0 Å². The first-order valence-corrected chi connectivity index (χ1v) is 8.65. The Bertz CT molecular complexity index is 429. The summed E-state index contributed by atoms with van der Waals surface area (Å²) >= 11 is 6.02. The van der Waals surface area contributed by atoms with Crippen molar-refractivity contribution in [1.82, 2.24) is 10.2 Å². The topological polar surface area (TPSA) is 15.3 Å². The third-order valence-electron chi connectivity index (χ3n) is 4.73. The Labute approximate surface area is 134 Å². The quantitative estimate of drug-likeness (QED) is 0.861. The Morgan fingerprint density at radius 1 is 1.24 bits per heavy atom. The van der Waals surface area contributed by atoms with Crippen LogP contribution in [0, 0.1) is 5.92 Å². The molecule has 0 amide bonds. The first kappa shape index (κ1) is 16.8. The van der Waals surface area contributed by atoms with Crippen molar-refractivity contribution in [1.29, 1.82) is 0 Å². The van der Waals surface area contributed by atoms with Crippen LogP contribution in [-0.2, 0) is 0 Å². The molecule has 0 aliphatic carbocycles. The van der Waals surface area contributed by atoms with Crippen molar-refractivity contribution in [3.63, 3.8) is 0 Å². The average molecular weight is 309 g/mol. The summed E-state index contributed by atoms with van der Waals surface area (Å²) in [7, 11) is 0. The fourth-order valence-electron chi connectivity index (χ4n) is 3.40. The molecule has 0 bridgehead atoms. The molecule has 1 aromatic carbocycles. The van der Waals surface area contributed by atoms with E-state index in [4.69, 9.17) is 11.6 Å². The molecule has 1 fully saturated rings. The maximum atomic E-state index is 6.02. The smallest absolute Gasteiger partial charge is 0.0406 e. The standard InChI is InChI=1S/C18H29ClN2/c1-5-6-17-12-21(18(11-20-17)13(2)3)14(4)15-7-9-16(19)10-8-15/h7-10,13-14,17-18,20H,5-6,11-12H2,1-4H3. The Hall–Kier alpha value is -0.570. The lowest BCUT2D eigenvalue weighted by molar-refractivity contribution is 0.0598. The molecule has 1 aromatic rings. The highest BCUT2D eigenvalue weighted by Gasteiger charge is 2.32. The maximum absolute atomic E-state index is 6.02. The first-order valence-electron chi connectivity index (χ1n) is 8.27. The van der Waals surface area contributed by atoms with Gasteiger partial charge in [0, 0.05) is 36.2 Å². The molecule has 0 radical (unpaired) electrons. The van der Waals surface area contributed by atoms with Crippen molar-refractivity contribution in [3.8, 4) is 0 Å². The lowest BCUT2D eigenvalue weighted by Gasteiger charge is -2.45. The van der Waals surface area contributed by atoms with Gasteiger partial charge in [-0.2, -0.15) is 0 Å². The molecular weight excluding hydrogens is 280 g/mol. The van der Waals surface area contributed by atoms with Gasteiger partial charge in [-0.1, -0.05) is 50.9 Å². The molecule has 0 saturated carbocycles. The molecule has 1 heterocycles. The molecule has 1 aliphatic rings. The van der Waals surface area contributed by atoms with Gasteiger partial charge in [-0.25, -0.2) is 0 Å². The van der Waals surface area contributed by atoms with E-state index in [1.165, 1.54) is 18.4 Å². The van der Waals surface area contributed by atoms with Crippen LogP contribution < -0.4 is 5.32 Å². The highest BCUT2D eigenvalue weighted by Crippen LogP contribution is 2.29. The summed E-state index contributed by atoms with van der Waals surface area (Å²) < 4.78 is 0. The molecule has 3 unspecified atom stereocenters. The fourth-order valence-corrected chi connectivity index (χ4v) is 3.52. The SMILES string of the molecule is CCCC1CN(C(C)c2ccc(Cl)cc2)C(C(C)C)CN1. The van der Waals surface area contributed by atoms with Crippen LogP contribution in [0.2, 0.25) is 5.02 Å². The third-order valence-corrected chi connectivity index (χ3v) is 4.98. The van der Waals surface area contributed by atoms with E-state index in [2.05, 4.69) is 50.0 Å². The second-order valence-corrected chi connectivity index (χ2v) is 7.07. The van der Waals surface area contributed by atoms with Crippen molar-refractivity contribution in [2.75, 3.05) is 13.1 Å². The van der Waals surface area contributed by atoms with Crippen molar-refractivity contribution in [2.24, 2.45) is 5.92 Å². The summed E-state index contributed by atoms with van der Waals surface area (Å²) in [6, 6.07) is 10.0. The van der Waals surface area contributed by atoms with Gasteiger partial charge < -0.3 is 5.32 Å². The summed E-state index contributed by atoms with van der Waals surface area (Å²) in [6.07, 6.45) is 2.50. The Morgan fingerprint density at radius 2 is 1.90 bits per heavy atom. The van der Waals surface area contributed by atoms with E-state index in [1.54, 1.807) is 0 Å². The normalized spacial score (nSPS) is 25.2. The Morgan fingerprint density at radius 3 is 2.48 bits per heavy atom. The van der Waals surface area contributed by atoms with Gasteiger partial charge in [0.15, 0.2) is 0 Å². The predicted molar refractivity (Wildman–Crippen MR) is 91.9 cm³/mol. The van der Waals surface area contributed by atoms with E-state index in [0.717, 1.165) is 18.1 Å². The van der Waals surface area contributed by atoms with Gasteiger partial charge in [-0.3, -0.25) is 4.90 Å². The minimum atomic E-state index is 0.441. The lowest BCUT2D eigenvalue weighted by Crippen LogP contribution is -2.58. The number of rotatable bonds is 5. The van der Waals surface area contributed by atoms with Gasteiger partial charge in [0.25, 0.3) is 0 Å². The highest BCUT2D eigenvalue weighted by molar-refractivity contribution is 6.30. The number of piperazine rings is 1. The van der Waals surface area contributed by atoms with E-state index in [-0.39, 0.29) is 0 Å². The summed E-state index contributed by atoms with van der Waals surface area (Å²) in [5.74, 6) is 0.662. The van der Waals surface area contributed by atoms with Crippen molar-refractivity contribution in [3.05, 3.63) is 34.9 Å². The van der Waals surface area contributed by atoms with Crippen LogP contribution in [0.25, 0.3) is 0 Å². The first-order chi connectivity index (χ1) is 10.0. The maximum Gasteiger partial charge on any atom is 0.0406 e. The van der Waals surface area contributed by atoms with Crippen LogP contribution in [-0.4, -0.2) is 30.1 Å². The molecule has 1 saturated heterocycles. The molecule has 3 heteroatoms.